The topological polar surface area (TPSA) is 58.4 Å². The van der Waals surface area contributed by atoms with Crippen molar-refractivity contribution in [2.75, 3.05) is 6.54 Å². The lowest BCUT2D eigenvalue weighted by atomic mass is 9.84. The molecule has 0 radical (unpaired) electrons. The van der Waals surface area contributed by atoms with E-state index in [1.54, 1.807) is 28.9 Å². The first-order valence-corrected chi connectivity index (χ1v) is 10.9. The fourth-order valence-electron chi connectivity index (χ4n) is 5.04. The Morgan fingerprint density at radius 3 is 2.53 bits per heavy atom. The van der Waals surface area contributed by atoms with Crippen LogP contribution in [-0.4, -0.2) is 49.5 Å². The molecule has 1 aromatic heterocycles. The number of likely N-dealkylation sites (tertiary alicyclic amines) is 2. The minimum atomic E-state index is -4.40. The second kappa shape index (κ2) is 8.26. The van der Waals surface area contributed by atoms with Crippen LogP contribution >= 0.6 is 0 Å². The van der Waals surface area contributed by atoms with Crippen LogP contribution in [0.1, 0.15) is 60.6 Å². The van der Waals surface area contributed by atoms with E-state index in [1.807, 2.05) is 11.8 Å². The van der Waals surface area contributed by atoms with Crippen molar-refractivity contribution in [3.05, 3.63) is 53.3 Å². The summed E-state index contributed by atoms with van der Waals surface area (Å²) in [6.45, 7) is 2.74. The van der Waals surface area contributed by atoms with E-state index in [-0.39, 0.29) is 24.4 Å². The Hall–Kier alpha value is -2.84. The zero-order valence-corrected chi connectivity index (χ0v) is 18.2. The first-order chi connectivity index (χ1) is 15.1. The molecule has 6 nitrogen and oxygen atoms in total. The third-order valence-electron chi connectivity index (χ3n) is 6.91. The molecule has 2 saturated heterocycles. The minimum Gasteiger partial charge on any atom is -0.332 e. The SMILES string of the molecule is Cn1nccc1C(=O)N1CC[C@]2(C)[C@H]1CCCCC(=O)N2Cc1ccc(C(F)(F)F)cc1. The average Bonchev–Trinajstić information content (AvgIpc) is 3.31. The highest BCUT2D eigenvalue weighted by Crippen LogP contribution is 2.40. The number of nitrogens with zero attached hydrogens (tertiary/aromatic N) is 4. The van der Waals surface area contributed by atoms with Crippen LogP contribution in [0.2, 0.25) is 0 Å². The average molecular weight is 448 g/mol. The highest BCUT2D eigenvalue weighted by atomic mass is 19.4. The van der Waals surface area contributed by atoms with Gasteiger partial charge in [0.2, 0.25) is 5.91 Å². The molecule has 2 amide bonds. The van der Waals surface area contributed by atoms with E-state index in [0.29, 0.717) is 30.6 Å². The van der Waals surface area contributed by atoms with Crippen LogP contribution in [-0.2, 0) is 24.6 Å². The predicted molar refractivity (Wildman–Crippen MR) is 112 cm³/mol. The molecule has 0 N–H and O–H groups in total. The molecular formula is C23H27F3N4O2. The van der Waals surface area contributed by atoms with E-state index in [4.69, 9.17) is 0 Å². The van der Waals surface area contributed by atoms with E-state index in [9.17, 15) is 22.8 Å². The van der Waals surface area contributed by atoms with Gasteiger partial charge >= 0.3 is 6.18 Å². The van der Waals surface area contributed by atoms with E-state index in [0.717, 1.165) is 31.4 Å². The van der Waals surface area contributed by atoms with Crippen molar-refractivity contribution in [2.24, 2.45) is 7.05 Å². The molecule has 2 atom stereocenters. The Morgan fingerprint density at radius 2 is 1.91 bits per heavy atom. The Labute approximate surface area is 185 Å². The smallest absolute Gasteiger partial charge is 0.332 e. The van der Waals surface area contributed by atoms with Crippen LogP contribution in [0.3, 0.4) is 0 Å². The number of aryl methyl sites for hydroxylation is 1. The molecule has 0 bridgehead atoms. The molecule has 1 aromatic carbocycles. The summed E-state index contributed by atoms with van der Waals surface area (Å²) in [5.74, 6) is -0.131. The molecule has 0 saturated carbocycles. The standard InChI is InChI=1S/C23H27F3N4O2/c1-22-12-14-29(21(32)18-11-13-27-28(18)2)19(22)5-3-4-6-20(31)30(22)15-16-7-9-17(10-8-16)23(24,25)26/h7-11,13,19H,3-6,12,14-15H2,1-2H3/t19-,22-/m1/s1. The fourth-order valence-corrected chi connectivity index (χ4v) is 5.04. The molecule has 0 spiro atoms. The maximum Gasteiger partial charge on any atom is 0.416 e. The van der Waals surface area contributed by atoms with Crippen LogP contribution in [0, 0.1) is 0 Å². The number of halogens is 3. The summed E-state index contributed by atoms with van der Waals surface area (Å²) < 4.78 is 40.3. The van der Waals surface area contributed by atoms with E-state index in [1.165, 1.54) is 12.1 Å². The maximum absolute atomic E-state index is 13.3. The number of alkyl halides is 3. The summed E-state index contributed by atoms with van der Waals surface area (Å²) in [7, 11) is 1.72. The third kappa shape index (κ3) is 4.00. The number of aromatic nitrogens is 2. The second-order valence-corrected chi connectivity index (χ2v) is 8.88. The van der Waals surface area contributed by atoms with Crippen LogP contribution in [0.4, 0.5) is 13.2 Å². The summed E-state index contributed by atoms with van der Waals surface area (Å²) in [6, 6.07) is 6.49. The van der Waals surface area contributed by atoms with E-state index >= 15 is 0 Å². The molecular weight excluding hydrogens is 421 g/mol. The van der Waals surface area contributed by atoms with Gasteiger partial charge in [-0.2, -0.15) is 18.3 Å². The zero-order valence-electron chi connectivity index (χ0n) is 18.2. The molecule has 32 heavy (non-hydrogen) atoms. The maximum atomic E-state index is 13.3. The molecule has 2 aliphatic rings. The zero-order chi connectivity index (χ0) is 23.1. The first kappa shape index (κ1) is 22.4. The van der Waals surface area contributed by atoms with Crippen molar-refractivity contribution in [3.63, 3.8) is 0 Å². The van der Waals surface area contributed by atoms with Gasteiger partial charge in [0.15, 0.2) is 0 Å². The lowest BCUT2D eigenvalue weighted by Gasteiger charge is -2.45. The van der Waals surface area contributed by atoms with Crippen molar-refractivity contribution in [3.8, 4) is 0 Å². The molecule has 2 aromatic rings. The largest absolute Gasteiger partial charge is 0.416 e. The van der Waals surface area contributed by atoms with Gasteiger partial charge in [-0.05, 0) is 49.9 Å². The third-order valence-corrected chi connectivity index (χ3v) is 6.91. The molecule has 0 aliphatic carbocycles. The lowest BCUT2D eigenvalue weighted by molar-refractivity contribution is -0.140. The van der Waals surface area contributed by atoms with Gasteiger partial charge < -0.3 is 9.80 Å². The predicted octanol–water partition coefficient (Wildman–Crippen LogP) is 4.01. The van der Waals surface area contributed by atoms with Crippen molar-refractivity contribution >= 4 is 11.8 Å². The first-order valence-electron chi connectivity index (χ1n) is 10.9. The number of rotatable bonds is 3. The fraction of sp³-hybridized carbons (Fsp3) is 0.522. The number of carbonyl (C=O) groups is 2. The van der Waals surface area contributed by atoms with Crippen molar-refractivity contribution in [1.29, 1.82) is 0 Å². The Balaban J connectivity index is 1.62. The number of hydrogen-bond acceptors (Lipinski definition) is 3. The number of benzene rings is 1. The Kier molecular flexibility index (Phi) is 5.77. The van der Waals surface area contributed by atoms with Crippen molar-refractivity contribution in [1.82, 2.24) is 19.6 Å². The molecule has 4 rings (SSSR count). The molecule has 2 aliphatic heterocycles. The molecule has 9 heteroatoms. The Bertz CT molecular complexity index is 1000. The summed E-state index contributed by atoms with van der Waals surface area (Å²) in [6.07, 6.45) is 0.548. The van der Waals surface area contributed by atoms with Gasteiger partial charge in [-0.3, -0.25) is 14.3 Å². The van der Waals surface area contributed by atoms with Gasteiger partial charge in [-0.1, -0.05) is 18.6 Å². The van der Waals surface area contributed by atoms with Crippen molar-refractivity contribution < 1.29 is 22.8 Å². The number of amides is 2. The lowest BCUT2D eigenvalue weighted by Crippen LogP contribution is -2.58. The van der Waals surface area contributed by atoms with Crippen LogP contribution < -0.4 is 0 Å². The van der Waals surface area contributed by atoms with Crippen molar-refractivity contribution in [2.45, 2.75) is 63.3 Å². The molecule has 2 fully saturated rings. The Morgan fingerprint density at radius 1 is 1.19 bits per heavy atom. The summed E-state index contributed by atoms with van der Waals surface area (Å²) in [5, 5.41) is 4.10. The van der Waals surface area contributed by atoms with Crippen LogP contribution in [0.5, 0.6) is 0 Å². The normalized spacial score (nSPS) is 24.3. The van der Waals surface area contributed by atoms with Crippen LogP contribution in [0.15, 0.2) is 36.5 Å². The number of hydrogen-bond donors (Lipinski definition) is 0. The van der Waals surface area contributed by atoms with Gasteiger partial charge in [0.25, 0.3) is 5.91 Å². The van der Waals surface area contributed by atoms with Gasteiger partial charge in [-0.25, -0.2) is 0 Å². The highest BCUT2D eigenvalue weighted by molar-refractivity contribution is 5.93. The summed E-state index contributed by atoms with van der Waals surface area (Å²) in [4.78, 5) is 30.0. The van der Waals surface area contributed by atoms with Crippen LogP contribution in [0.25, 0.3) is 0 Å². The van der Waals surface area contributed by atoms with E-state index < -0.39 is 17.3 Å². The molecule has 3 heterocycles. The molecule has 172 valence electrons. The summed E-state index contributed by atoms with van der Waals surface area (Å²) >= 11 is 0. The van der Waals surface area contributed by atoms with Gasteiger partial charge in [0.05, 0.1) is 17.1 Å². The second-order valence-electron chi connectivity index (χ2n) is 8.88. The van der Waals surface area contributed by atoms with E-state index in [2.05, 4.69) is 5.10 Å². The van der Waals surface area contributed by atoms with Gasteiger partial charge in [0.1, 0.15) is 5.69 Å². The highest BCUT2D eigenvalue weighted by Gasteiger charge is 2.51. The van der Waals surface area contributed by atoms with Gasteiger partial charge in [0, 0.05) is 32.8 Å². The summed E-state index contributed by atoms with van der Waals surface area (Å²) in [5.41, 5.74) is -0.160. The molecule has 0 unspecified atom stereocenters. The van der Waals surface area contributed by atoms with Gasteiger partial charge in [-0.15, -0.1) is 0 Å². The number of fused-ring (bicyclic) bond motifs is 1. The number of carbonyl (C=O) groups excluding carboxylic acids is 2. The quantitative estimate of drug-likeness (QED) is 0.713. The monoisotopic (exact) mass is 448 g/mol. The minimum absolute atomic E-state index is 0.0214.